The SMILES string of the molecule is CC(C)C1Cc2cc(CO)ccc2CO1. The molecule has 0 radical (unpaired) electrons. The van der Waals surface area contributed by atoms with Crippen LogP contribution in [-0.4, -0.2) is 11.2 Å². The quantitative estimate of drug-likeness (QED) is 0.804. The van der Waals surface area contributed by atoms with Crippen LogP contribution in [0.5, 0.6) is 0 Å². The third-order valence-electron chi connectivity index (χ3n) is 3.07. The van der Waals surface area contributed by atoms with Crippen LogP contribution in [0.3, 0.4) is 0 Å². The van der Waals surface area contributed by atoms with Gasteiger partial charge in [0.1, 0.15) is 0 Å². The normalized spacial score (nSPS) is 20.4. The van der Waals surface area contributed by atoms with Crippen LogP contribution in [0.1, 0.15) is 30.5 Å². The summed E-state index contributed by atoms with van der Waals surface area (Å²) in [7, 11) is 0. The van der Waals surface area contributed by atoms with Gasteiger partial charge in [-0.1, -0.05) is 32.0 Å². The molecule has 82 valence electrons. The number of aliphatic hydroxyl groups excluding tert-OH is 1. The fraction of sp³-hybridized carbons (Fsp3) is 0.538. The molecule has 2 rings (SSSR count). The van der Waals surface area contributed by atoms with Crippen LogP contribution in [-0.2, 0) is 24.4 Å². The number of fused-ring (bicyclic) bond motifs is 1. The highest BCUT2D eigenvalue weighted by molar-refractivity contribution is 5.33. The summed E-state index contributed by atoms with van der Waals surface area (Å²) in [5.41, 5.74) is 3.61. The molecule has 2 nitrogen and oxygen atoms in total. The monoisotopic (exact) mass is 206 g/mol. The molecule has 1 heterocycles. The molecule has 1 aliphatic heterocycles. The van der Waals surface area contributed by atoms with E-state index in [1.165, 1.54) is 11.1 Å². The summed E-state index contributed by atoms with van der Waals surface area (Å²) >= 11 is 0. The Bertz CT molecular complexity index is 344. The van der Waals surface area contributed by atoms with Gasteiger partial charge in [-0.15, -0.1) is 0 Å². The standard InChI is InChI=1S/C13H18O2/c1-9(2)13-6-12-5-10(7-14)3-4-11(12)8-15-13/h3-5,9,13-14H,6-8H2,1-2H3. The van der Waals surface area contributed by atoms with Crippen molar-refractivity contribution in [2.24, 2.45) is 5.92 Å². The molecule has 0 bridgehead atoms. The summed E-state index contributed by atoms with van der Waals surface area (Å²) in [6.07, 6.45) is 1.30. The lowest BCUT2D eigenvalue weighted by atomic mass is 9.92. The zero-order chi connectivity index (χ0) is 10.8. The number of hydrogen-bond acceptors (Lipinski definition) is 2. The molecule has 0 saturated carbocycles. The van der Waals surface area contributed by atoms with Gasteiger partial charge < -0.3 is 9.84 Å². The van der Waals surface area contributed by atoms with Gasteiger partial charge in [-0.05, 0) is 29.0 Å². The fourth-order valence-corrected chi connectivity index (χ4v) is 2.01. The molecule has 2 heteroatoms. The minimum absolute atomic E-state index is 0.125. The van der Waals surface area contributed by atoms with Crippen molar-refractivity contribution in [3.8, 4) is 0 Å². The second kappa shape index (κ2) is 4.33. The molecule has 0 spiro atoms. The summed E-state index contributed by atoms with van der Waals surface area (Å²) in [5.74, 6) is 0.552. The van der Waals surface area contributed by atoms with Crippen LogP contribution < -0.4 is 0 Å². The lowest BCUT2D eigenvalue weighted by Crippen LogP contribution is -2.27. The van der Waals surface area contributed by atoms with Gasteiger partial charge in [0.05, 0.1) is 19.3 Å². The maximum atomic E-state index is 9.08. The van der Waals surface area contributed by atoms with Crippen molar-refractivity contribution in [1.29, 1.82) is 0 Å². The van der Waals surface area contributed by atoms with Crippen LogP contribution in [0.15, 0.2) is 18.2 Å². The van der Waals surface area contributed by atoms with Crippen molar-refractivity contribution in [3.63, 3.8) is 0 Å². The molecule has 0 aromatic heterocycles. The highest BCUT2D eigenvalue weighted by Crippen LogP contribution is 2.25. The summed E-state index contributed by atoms with van der Waals surface area (Å²) < 4.78 is 5.78. The van der Waals surface area contributed by atoms with Crippen LogP contribution >= 0.6 is 0 Å². The Morgan fingerprint density at radius 2 is 2.20 bits per heavy atom. The maximum Gasteiger partial charge on any atom is 0.0723 e. The second-order valence-corrected chi connectivity index (χ2v) is 4.56. The van der Waals surface area contributed by atoms with Crippen molar-refractivity contribution >= 4 is 0 Å². The van der Waals surface area contributed by atoms with E-state index in [4.69, 9.17) is 9.84 Å². The van der Waals surface area contributed by atoms with Gasteiger partial charge in [0.15, 0.2) is 0 Å². The number of hydrogen-bond donors (Lipinski definition) is 1. The van der Waals surface area contributed by atoms with Gasteiger partial charge in [-0.25, -0.2) is 0 Å². The first-order chi connectivity index (χ1) is 7.20. The predicted octanol–water partition coefficient (Wildman–Crippen LogP) is 2.28. The highest BCUT2D eigenvalue weighted by atomic mass is 16.5. The molecule has 0 saturated heterocycles. The van der Waals surface area contributed by atoms with E-state index in [2.05, 4.69) is 26.0 Å². The molecule has 1 aliphatic rings. The molecule has 1 aromatic rings. The molecule has 1 atom stereocenters. The van der Waals surface area contributed by atoms with Crippen LogP contribution in [0, 0.1) is 5.92 Å². The summed E-state index contributed by atoms with van der Waals surface area (Å²) in [6, 6.07) is 6.14. The molecule has 1 aromatic carbocycles. The molecule has 0 aliphatic carbocycles. The molecule has 15 heavy (non-hydrogen) atoms. The van der Waals surface area contributed by atoms with E-state index in [9.17, 15) is 0 Å². The van der Waals surface area contributed by atoms with E-state index >= 15 is 0 Å². The Kier molecular flexibility index (Phi) is 3.08. The first-order valence-corrected chi connectivity index (χ1v) is 5.54. The average molecular weight is 206 g/mol. The average Bonchev–Trinajstić information content (AvgIpc) is 2.27. The summed E-state index contributed by atoms with van der Waals surface area (Å²) in [4.78, 5) is 0. The van der Waals surface area contributed by atoms with E-state index in [-0.39, 0.29) is 6.61 Å². The van der Waals surface area contributed by atoms with Gasteiger partial charge in [0.2, 0.25) is 0 Å². The number of benzene rings is 1. The number of rotatable bonds is 2. The third-order valence-corrected chi connectivity index (χ3v) is 3.07. The van der Waals surface area contributed by atoms with Gasteiger partial charge in [0, 0.05) is 0 Å². The van der Waals surface area contributed by atoms with Crippen LogP contribution in [0.4, 0.5) is 0 Å². The Balaban J connectivity index is 2.23. The molecule has 0 amide bonds. The minimum atomic E-state index is 0.125. The van der Waals surface area contributed by atoms with Gasteiger partial charge in [-0.2, -0.15) is 0 Å². The first-order valence-electron chi connectivity index (χ1n) is 5.54. The molecule has 1 N–H and O–H groups in total. The van der Waals surface area contributed by atoms with Crippen molar-refractivity contribution in [3.05, 3.63) is 34.9 Å². The van der Waals surface area contributed by atoms with Crippen molar-refractivity contribution in [2.45, 2.75) is 39.6 Å². The summed E-state index contributed by atoms with van der Waals surface area (Å²) in [6.45, 7) is 5.21. The third kappa shape index (κ3) is 2.21. The largest absolute Gasteiger partial charge is 0.392 e. The number of aliphatic hydroxyl groups is 1. The Labute approximate surface area is 90.9 Å². The van der Waals surface area contributed by atoms with Gasteiger partial charge >= 0.3 is 0 Å². The molecular formula is C13H18O2. The first kappa shape index (κ1) is 10.7. The predicted molar refractivity (Wildman–Crippen MR) is 59.5 cm³/mol. The smallest absolute Gasteiger partial charge is 0.0723 e. The Morgan fingerprint density at radius 1 is 1.40 bits per heavy atom. The maximum absolute atomic E-state index is 9.08. The summed E-state index contributed by atoms with van der Waals surface area (Å²) in [5, 5.41) is 9.08. The zero-order valence-corrected chi connectivity index (χ0v) is 9.36. The van der Waals surface area contributed by atoms with Gasteiger partial charge in [-0.3, -0.25) is 0 Å². The van der Waals surface area contributed by atoms with E-state index in [1.807, 2.05) is 6.07 Å². The molecule has 0 fully saturated rings. The van der Waals surface area contributed by atoms with Gasteiger partial charge in [0.25, 0.3) is 0 Å². The lowest BCUT2D eigenvalue weighted by molar-refractivity contribution is -0.000343. The Hall–Kier alpha value is -0.860. The van der Waals surface area contributed by atoms with Crippen LogP contribution in [0.2, 0.25) is 0 Å². The topological polar surface area (TPSA) is 29.5 Å². The van der Waals surface area contributed by atoms with Crippen molar-refractivity contribution in [1.82, 2.24) is 0 Å². The second-order valence-electron chi connectivity index (χ2n) is 4.56. The van der Waals surface area contributed by atoms with Crippen molar-refractivity contribution < 1.29 is 9.84 Å². The van der Waals surface area contributed by atoms with Crippen LogP contribution in [0.25, 0.3) is 0 Å². The van der Waals surface area contributed by atoms with Crippen molar-refractivity contribution in [2.75, 3.05) is 0 Å². The van der Waals surface area contributed by atoms with E-state index in [0.29, 0.717) is 18.6 Å². The fourth-order valence-electron chi connectivity index (χ4n) is 2.01. The lowest BCUT2D eigenvalue weighted by Gasteiger charge is -2.28. The minimum Gasteiger partial charge on any atom is -0.392 e. The van der Waals surface area contributed by atoms with E-state index in [1.54, 1.807) is 0 Å². The zero-order valence-electron chi connectivity index (χ0n) is 9.36. The Morgan fingerprint density at radius 3 is 2.87 bits per heavy atom. The van der Waals surface area contributed by atoms with E-state index in [0.717, 1.165) is 12.0 Å². The van der Waals surface area contributed by atoms with E-state index < -0.39 is 0 Å². The molecule has 1 unspecified atom stereocenters. The highest BCUT2D eigenvalue weighted by Gasteiger charge is 2.21. The molecular weight excluding hydrogens is 188 g/mol. The number of ether oxygens (including phenoxy) is 1.